The van der Waals surface area contributed by atoms with E-state index in [4.69, 9.17) is 9.47 Å². The number of ether oxygens (including phenoxy) is 2. The molecule has 26 heavy (non-hydrogen) atoms. The third-order valence-corrected chi connectivity index (χ3v) is 3.04. The summed E-state index contributed by atoms with van der Waals surface area (Å²) < 4.78 is 23.1. The molecule has 0 aliphatic carbocycles. The van der Waals surface area contributed by atoms with Gasteiger partial charge in [0.15, 0.2) is 6.61 Å². The molecule has 0 atom stereocenters. The van der Waals surface area contributed by atoms with Crippen LogP contribution in [0.5, 0.6) is 5.88 Å². The molecular formula is C16H14FN3O6. The van der Waals surface area contributed by atoms with Gasteiger partial charge in [-0.1, -0.05) is 0 Å². The molecule has 0 bridgehead atoms. The van der Waals surface area contributed by atoms with Gasteiger partial charge in [0.2, 0.25) is 5.88 Å². The Morgan fingerprint density at radius 3 is 2.81 bits per heavy atom. The van der Waals surface area contributed by atoms with E-state index in [9.17, 15) is 24.1 Å². The predicted molar refractivity (Wildman–Crippen MR) is 87.4 cm³/mol. The molecule has 0 unspecified atom stereocenters. The van der Waals surface area contributed by atoms with E-state index in [-0.39, 0.29) is 23.7 Å². The molecule has 0 fully saturated rings. The SMILES string of the molecule is CCOc1ncccc1C(=O)OCC(=O)Nc1ccc(F)cc1[N+](=O)[O-]. The Hall–Kier alpha value is -3.56. The number of esters is 1. The van der Waals surface area contributed by atoms with Gasteiger partial charge in [-0.3, -0.25) is 14.9 Å². The van der Waals surface area contributed by atoms with Crippen LogP contribution in [0.15, 0.2) is 36.5 Å². The Kier molecular flexibility index (Phi) is 6.15. The quantitative estimate of drug-likeness (QED) is 0.455. The summed E-state index contributed by atoms with van der Waals surface area (Å²) in [7, 11) is 0. The van der Waals surface area contributed by atoms with Gasteiger partial charge in [-0.15, -0.1) is 0 Å². The molecular weight excluding hydrogens is 349 g/mol. The smallest absolute Gasteiger partial charge is 0.344 e. The van der Waals surface area contributed by atoms with Crippen molar-refractivity contribution in [3.63, 3.8) is 0 Å². The lowest BCUT2D eigenvalue weighted by Gasteiger charge is -2.09. The molecule has 10 heteroatoms. The number of hydrogen-bond donors (Lipinski definition) is 1. The molecule has 136 valence electrons. The summed E-state index contributed by atoms with van der Waals surface area (Å²) in [5, 5.41) is 13.1. The molecule has 2 aromatic rings. The number of anilines is 1. The van der Waals surface area contributed by atoms with E-state index in [2.05, 4.69) is 10.3 Å². The molecule has 0 radical (unpaired) electrons. The van der Waals surface area contributed by atoms with Gasteiger partial charge in [-0.2, -0.15) is 0 Å². The van der Waals surface area contributed by atoms with Gasteiger partial charge in [0.1, 0.15) is 17.1 Å². The lowest BCUT2D eigenvalue weighted by molar-refractivity contribution is -0.384. The van der Waals surface area contributed by atoms with E-state index in [1.54, 1.807) is 6.92 Å². The third kappa shape index (κ3) is 4.72. The summed E-state index contributed by atoms with van der Waals surface area (Å²) in [5.74, 6) is -2.42. The summed E-state index contributed by atoms with van der Waals surface area (Å²) in [6, 6.07) is 5.59. The Bertz CT molecular complexity index is 842. The lowest BCUT2D eigenvalue weighted by atomic mass is 10.2. The zero-order valence-electron chi connectivity index (χ0n) is 13.6. The summed E-state index contributed by atoms with van der Waals surface area (Å²) in [6.07, 6.45) is 1.43. The molecule has 9 nitrogen and oxygen atoms in total. The number of nitrogens with zero attached hydrogens (tertiary/aromatic N) is 2. The molecule has 0 spiro atoms. The number of nitro groups is 1. The van der Waals surface area contributed by atoms with Crippen molar-refractivity contribution >= 4 is 23.3 Å². The molecule has 0 aliphatic rings. The summed E-state index contributed by atoms with van der Waals surface area (Å²) in [4.78, 5) is 37.8. The van der Waals surface area contributed by atoms with Crippen molar-refractivity contribution in [2.24, 2.45) is 0 Å². The van der Waals surface area contributed by atoms with Crippen LogP contribution in [0, 0.1) is 15.9 Å². The number of benzene rings is 1. The fourth-order valence-corrected chi connectivity index (χ4v) is 1.95. The Morgan fingerprint density at radius 1 is 1.35 bits per heavy atom. The van der Waals surface area contributed by atoms with E-state index in [1.165, 1.54) is 18.3 Å². The van der Waals surface area contributed by atoms with Gasteiger partial charge in [0.25, 0.3) is 11.6 Å². The molecule has 1 heterocycles. The second kappa shape index (κ2) is 8.51. The topological polar surface area (TPSA) is 121 Å². The maximum absolute atomic E-state index is 13.1. The minimum atomic E-state index is -0.842. The van der Waals surface area contributed by atoms with Crippen LogP contribution in [0.25, 0.3) is 0 Å². The van der Waals surface area contributed by atoms with Crippen LogP contribution in [0.2, 0.25) is 0 Å². The van der Waals surface area contributed by atoms with Gasteiger partial charge in [-0.05, 0) is 31.2 Å². The fourth-order valence-electron chi connectivity index (χ4n) is 1.95. The van der Waals surface area contributed by atoms with Crippen LogP contribution in [0.3, 0.4) is 0 Å². The normalized spacial score (nSPS) is 10.1. The number of nitrogens with one attached hydrogen (secondary N) is 1. The standard InChI is InChI=1S/C16H14FN3O6/c1-2-25-15-11(4-3-7-18-15)16(22)26-9-14(21)19-12-6-5-10(17)8-13(12)20(23)24/h3-8H,2,9H2,1H3,(H,19,21). The van der Waals surface area contributed by atoms with Gasteiger partial charge < -0.3 is 14.8 Å². The number of hydrogen-bond acceptors (Lipinski definition) is 7. The van der Waals surface area contributed by atoms with Gasteiger partial charge in [0, 0.05) is 6.20 Å². The average Bonchev–Trinajstić information content (AvgIpc) is 2.62. The predicted octanol–water partition coefficient (Wildman–Crippen LogP) is 2.32. The summed E-state index contributed by atoms with van der Waals surface area (Å²) in [5.41, 5.74) is -0.792. The number of aromatic nitrogens is 1. The second-order valence-corrected chi connectivity index (χ2v) is 4.83. The third-order valence-electron chi connectivity index (χ3n) is 3.04. The maximum atomic E-state index is 13.1. The fraction of sp³-hybridized carbons (Fsp3) is 0.188. The maximum Gasteiger partial charge on any atom is 0.344 e. The second-order valence-electron chi connectivity index (χ2n) is 4.83. The van der Waals surface area contributed by atoms with Crippen molar-refractivity contribution < 1.29 is 28.4 Å². The number of carbonyl (C=O) groups is 2. The highest BCUT2D eigenvalue weighted by atomic mass is 19.1. The first-order chi connectivity index (χ1) is 12.4. The van der Waals surface area contributed by atoms with Gasteiger partial charge >= 0.3 is 5.97 Å². The van der Waals surface area contributed by atoms with Crippen molar-refractivity contribution in [3.8, 4) is 5.88 Å². The molecule has 0 aliphatic heterocycles. The Morgan fingerprint density at radius 2 is 2.12 bits per heavy atom. The van der Waals surface area contributed by atoms with Crippen LogP contribution >= 0.6 is 0 Å². The van der Waals surface area contributed by atoms with E-state index < -0.39 is 34.9 Å². The Balaban J connectivity index is 2.02. The van der Waals surface area contributed by atoms with E-state index in [0.717, 1.165) is 12.1 Å². The molecule has 1 aromatic carbocycles. The van der Waals surface area contributed by atoms with E-state index in [1.807, 2.05) is 0 Å². The zero-order chi connectivity index (χ0) is 19.1. The van der Waals surface area contributed by atoms with Crippen molar-refractivity contribution in [1.29, 1.82) is 0 Å². The summed E-state index contributed by atoms with van der Waals surface area (Å²) in [6.45, 7) is 1.30. The lowest BCUT2D eigenvalue weighted by Crippen LogP contribution is -2.22. The average molecular weight is 363 g/mol. The number of amides is 1. The molecule has 0 saturated heterocycles. The number of carbonyl (C=O) groups excluding carboxylic acids is 2. The molecule has 1 amide bonds. The van der Waals surface area contributed by atoms with Crippen LogP contribution in [0.1, 0.15) is 17.3 Å². The number of halogens is 1. The highest BCUT2D eigenvalue weighted by molar-refractivity contribution is 5.97. The van der Waals surface area contributed by atoms with E-state index in [0.29, 0.717) is 6.07 Å². The van der Waals surface area contributed by atoms with Crippen LogP contribution in [-0.2, 0) is 9.53 Å². The van der Waals surface area contributed by atoms with Gasteiger partial charge in [0.05, 0.1) is 17.6 Å². The van der Waals surface area contributed by atoms with E-state index >= 15 is 0 Å². The van der Waals surface area contributed by atoms with Crippen LogP contribution in [-0.4, -0.2) is 35.0 Å². The van der Waals surface area contributed by atoms with Crippen molar-refractivity contribution in [1.82, 2.24) is 4.98 Å². The van der Waals surface area contributed by atoms with Crippen LogP contribution in [0.4, 0.5) is 15.8 Å². The van der Waals surface area contributed by atoms with Crippen molar-refractivity contribution in [2.75, 3.05) is 18.5 Å². The number of rotatable bonds is 7. The van der Waals surface area contributed by atoms with Crippen LogP contribution < -0.4 is 10.1 Å². The zero-order valence-corrected chi connectivity index (χ0v) is 13.6. The number of pyridine rings is 1. The highest BCUT2D eigenvalue weighted by Gasteiger charge is 2.19. The Labute approximate surface area is 146 Å². The molecule has 2 rings (SSSR count). The highest BCUT2D eigenvalue weighted by Crippen LogP contribution is 2.25. The van der Waals surface area contributed by atoms with Gasteiger partial charge in [-0.25, -0.2) is 14.2 Å². The molecule has 0 saturated carbocycles. The summed E-state index contributed by atoms with van der Waals surface area (Å²) >= 11 is 0. The minimum Gasteiger partial charge on any atom is -0.477 e. The first kappa shape index (κ1) is 18.8. The first-order valence-electron chi connectivity index (χ1n) is 7.41. The monoisotopic (exact) mass is 363 g/mol. The largest absolute Gasteiger partial charge is 0.477 e. The first-order valence-corrected chi connectivity index (χ1v) is 7.41. The van der Waals surface area contributed by atoms with Crippen molar-refractivity contribution in [2.45, 2.75) is 6.92 Å². The van der Waals surface area contributed by atoms with Crippen molar-refractivity contribution in [3.05, 3.63) is 58.0 Å². The minimum absolute atomic E-state index is 0.0370. The molecule has 1 N–H and O–H groups in total. The molecule has 1 aromatic heterocycles. The number of nitro benzene ring substituents is 1.